The SMILES string of the molecule is CC(C1CC1)N(Cc1ccccc1)C(=O)[C@H](C)N. The second-order valence-electron chi connectivity index (χ2n) is 5.32. The second-order valence-corrected chi connectivity index (χ2v) is 5.32. The Morgan fingerprint density at radius 3 is 2.44 bits per heavy atom. The van der Waals surface area contributed by atoms with E-state index in [1.54, 1.807) is 6.92 Å². The molecule has 3 heteroatoms. The normalized spacial score (nSPS) is 18.2. The van der Waals surface area contributed by atoms with Gasteiger partial charge in [-0.3, -0.25) is 4.79 Å². The molecule has 1 aliphatic carbocycles. The summed E-state index contributed by atoms with van der Waals surface area (Å²) in [7, 11) is 0. The van der Waals surface area contributed by atoms with E-state index in [1.165, 1.54) is 18.4 Å². The minimum Gasteiger partial charge on any atom is -0.334 e. The highest BCUT2D eigenvalue weighted by Crippen LogP contribution is 2.35. The number of amides is 1. The fourth-order valence-electron chi connectivity index (χ4n) is 2.30. The average Bonchev–Trinajstić information content (AvgIpc) is 3.19. The van der Waals surface area contributed by atoms with Crippen LogP contribution in [0.5, 0.6) is 0 Å². The van der Waals surface area contributed by atoms with Crippen LogP contribution in [0.3, 0.4) is 0 Å². The van der Waals surface area contributed by atoms with Gasteiger partial charge >= 0.3 is 0 Å². The van der Waals surface area contributed by atoms with E-state index in [2.05, 4.69) is 19.1 Å². The molecular weight excluding hydrogens is 224 g/mol. The van der Waals surface area contributed by atoms with Crippen LogP contribution in [-0.2, 0) is 11.3 Å². The van der Waals surface area contributed by atoms with Gasteiger partial charge in [0.2, 0.25) is 5.91 Å². The summed E-state index contributed by atoms with van der Waals surface area (Å²) in [5.41, 5.74) is 6.92. The first-order chi connectivity index (χ1) is 8.59. The lowest BCUT2D eigenvalue weighted by Gasteiger charge is -2.31. The van der Waals surface area contributed by atoms with Crippen molar-refractivity contribution in [3.05, 3.63) is 35.9 Å². The highest BCUT2D eigenvalue weighted by Gasteiger charge is 2.34. The molecule has 1 unspecified atom stereocenters. The smallest absolute Gasteiger partial charge is 0.239 e. The van der Waals surface area contributed by atoms with Gasteiger partial charge in [-0.2, -0.15) is 0 Å². The van der Waals surface area contributed by atoms with Crippen molar-refractivity contribution in [1.29, 1.82) is 0 Å². The molecule has 2 N–H and O–H groups in total. The minimum atomic E-state index is -0.421. The lowest BCUT2D eigenvalue weighted by atomic mass is 10.1. The Labute approximate surface area is 109 Å². The molecule has 1 aromatic rings. The van der Waals surface area contributed by atoms with E-state index >= 15 is 0 Å². The number of carbonyl (C=O) groups excluding carboxylic acids is 1. The maximum absolute atomic E-state index is 12.2. The Hall–Kier alpha value is -1.35. The summed E-state index contributed by atoms with van der Waals surface area (Å²) in [6.07, 6.45) is 2.47. The van der Waals surface area contributed by atoms with Crippen molar-refractivity contribution in [3.8, 4) is 0 Å². The van der Waals surface area contributed by atoms with Crippen molar-refractivity contribution in [1.82, 2.24) is 4.90 Å². The van der Waals surface area contributed by atoms with Crippen molar-refractivity contribution < 1.29 is 4.79 Å². The van der Waals surface area contributed by atoms with Crippen molar-refractivity contribution in [2.24, 2.45) is 11.7 Å². The number of nitrogens with two attached hydrogens (primary N) is 1. The van der Waals surface area contributed by atoms with Gasteiger partial charge in [0, 0.05) is 12.6 Å². The van der Waals surface area contributed by atoms with Crippen LogP contribution >= 0.6 is 0 Å². The fraction of sp³-hybridized carbons (Fsp3) is 0.533. The average molecular weight is 246 g/mol. The Kier molecular flexibility index (Phi) is 4.02. The summed E-state index contributed by atoms with van der Waals surface area (Å²) in [6.45, 7) is 4.57. The van der Waals surface area contributed by atoms with Gasteiger partial charge in [-0.05, 0) is 38.2 Å². The molecule has 18 heavy (non-hydrogen) atoms. The second kappa shape index (κ2) is 5.53. The molecule has 0 heterocycles. The summed E-state index contributed by atoms with van der Waals surface area (Å²) < 4.78 is 0. The van der Waals surface area contributed by atoms with E-state index in [-0.39, 0.29) is 5.91 Å². The van der Waals surface area contributed by atoms with Crippen LogP contribution in [-0.4, -0.2) is 22.9 Å². The number of hydrogen-bond donors (Lipinski definition) is 1. The van der Waals surface area contributed by atoms with Crippen LogP contribution in [0.15, 0.2) is 30.3 Å². The van der Waals surface area contributed by atoms with E-state index in [1.807, 2.05) is 23.1 Å². The van der Waals surface area contributed by atoms with Crippen molar-refractivity contribution in [3.63, 3.8) is 0 Å². The predicted octanol–water partition coefficient (Wildman–Crippen LogP) is 2.16. The molecule has 0 spiro atoms. The lowest BCUT2D eigenvalue weighted by Crippen LogP contribution is -2.46. The van der Waals surface area contributed by atoms with Crippen LogP contribution in [0.25, 0.3) is 0 Å². The van der Waals surface area contributed by atoms with Crippen LogP contribution in [0.2, 0.25) is 0 Å². The number of carbonyl (C=O) groups is 1. The molecule has 1 aromatic carbocycles. The van der Waals surface area contributed by atoms with Crippen LogP contribution in [0, 0.1) is 5.92 Å². The lowest BCUT2D eigenvalue weighted by molar-refractivity contribution is -0.135. The Morgan fingerprint density at radius 2 is 1.94 bits per heavy atom. The zero-order valence-corrected chi connectivity index (χ0v) is 11.2. The van der Waals surface area contributed by atoms with Crippen LogP contribution in [0.1, 0.15) is 32.3 Å². The highest BCUT2D eigenvalue weighted by molar-refractivity contribution is 5.81. The van der Waals surface area contributed by atoms with E-state index in [9.17, 15) is 4.79 Å². The Balaban J connectivity index is 2.11. The molecule has 0 radical (unpaired) electrons. The molecule has 1 saturated carbocycles. The summed E-state index contributed by atoms with van der Waals surface area (Å²) >= 11 is 0. The van der Waals surface area contributed by atoms with Crippen LogP contribution in [0.4, 0.5) is 0 Å². The van der Waals surface area contributed by atoms with Gasteiger partial charge in [-0.15, -0.1) is 0 Å². The monoisotopic (exact) mass is 246 g/mol. The van der Waals surface area contributed by atoms with E-state index < -0.39 is 6.04 Å². The quantitative estimate of drug-likeness (QED) is 0.865. The standard InChI is InChI=1S/C15H22N2O/c1-11(16)15(18)17(12(2)14-8-9-14)10-13-6-4-3-5-7-13/h3-7,11-12,14H,8-10,16H2,1-2H3/t11-,12?/m0/s1. The molecule has 0 aromatic heterocycles. The third kappa shape index (κ3) is 3.10. The van der Waals surface area contributed by atoms with Gasteiger partial charge in [0.15, 0.2) is 0 Å². The van der Waals surface area contributed by atoms with Crippen molar-refractivity contribution >= 4 is 5.91 Å². The van der Waals surface area contributed by atoms with Gasteiger partial charge in [-0.1, -0.05) is 30.3 Å². The number of hydrogen-bond acceptors (Lipinski definition) is 2. The summed E-state index contributed by atoms with van der Waals surface area (Å²) in [5.74, 6) is 0.717. The van der Waals surface area contributed by atoms with E-state index in [0.29, 0.717) is 18.5 Å². The Morgan fingerprint density at radius 1 is 1.33 bits per heavy atom. The molecule has 1 aliphatic rings. The third-order valence-electron chi connectivity index (χ3n) is 3.66. The van der Waals surface area contributed by atoms with Crippen LogP contribution < -0.4 is 5.73 Å². The molecule has 0 bridgehead atoms. The zero-order valence-electron chi connectivity index (χ0n) is 11.2. The first-order valence-corrected chi connectivity index (χ1v) is 6.69. The summed E-state index contributed by atoms with van der Waals surface area (Å²) in [5, 5.41) is 0. The van der Waals surface area contributed by atoms with Crippen molar-refractivity contribution in [2.45, 2.75) is 45.3 Å². The maximum atomic E-state index is 12.2. The van der Waals surface area contributed by atoms with Gasteiger partial charge in [-0.25, -0.2) is 0 Å². The number of benzene rings is 1. The molecule has 0 saturated heterocycles. The molecule has 98 valence electrons. The minimum absolute atomic E-state index is 0.0539. The third-order valence-corrected chi connectivity index (χ3v) is 3.66. The van der Waals surface area contributed by atoms with Gasteiger partial charge in [0.05, 0.1) is 6.04 Å². The first-order valence-electron chi connectivity index (χ1n) is 6.69. The fourth-order valence-corrected chi connectivity index (χ4v) is 2.30. The van der Waals surface area contributed by atoms with E-state index in [4.69, 9.17) is 5.73 Å². The zero-order chi connectivity index (χ0) is 13.1. The predicted molar refractivity (Wildman–Crippen MR) is 72.8 cm³/mol. The molecule has 2 atom stereocenters. The number of nitrogens with zero attached hydrogens (tertiary/aromatic N) is 1. The molecule has 0 aliphatic heterocycles. The largest absolute Gasteiger partial charge is 0.334 e. The molecular formula is C15H22N2O. The van der Waals surface area contributed by atoms with Gasteiger partial charge in [0.25, 0.3) is 0 Å². The molecule has 3 nitrogen and oxygen atoms in total. The maximum Gasteiger partial charge on any atom is 0.239 e. The van der Waals surface area contributed by atoms with Crippen molar-refractivity contribution in [2.75, 3.05) is 0 Å². The topological polar surface area (TPSA) is 46.3 Å². The number of rotatable bonds is 5. The molecule has 1 fully saturated rings. The molecule has 1 amide bonds. The van der Waals surface area contributed by atoms with Gasteiger partial charge < -0.3 is 10.6 Å². The van der Waals surface area contributed by atoms with E-state index in [0.717, 1.165) is 0 Å². The summed E-state index contributed by atoms with van der Waals surface area (Å²) in [6, 6.07) is 9.99. The molecule has 2 rings (SSSR count). The summed E-state index contributed by atoms with van der Waals surface area (Å²) in [4.78, 5) is 14.2. The Bertz CT molecular complexity index is 398. The highest BCUT2D eigenvalue weighted by atomic mass is 16.2. The van der Waals surface area contributed by atoms with Gasteiger partial charge in [0.1, 0.15) is 0 Å². The first kappa shape index (κ1) is 13.1.